The number of aromatic nitrogens is 3. The number of ether oxygens (including phenoxy) is 1. The van der Waals surface area contributed by atoms with Gasteiger partial charge in [0.15, 0.2) is 0 Å². The van der Waals surface area contributed by atoms with E-state index in [0.717, 1.165) is 11.3 Å². The summed E-state index contributed by atoms with van der Waals surface area (Å²) in [6, 6.07) is 16.3. The number of rotatable bonds is 3. The lowest BCUT2D eigenvalue weighted by Crippen LogP contribution is -1.85. The summed E-state index contributed by atoms with van der Waals surface area (Å²) in [5, 5.41) is 10.0. The van der Waals surface area contributed by atoms with Crippen LogP contribution in [0.15, 0.2) is 54.7 Å². The van der Waals surface area contributed by atoms with E-state index in [4.69, 9.17) is 14.3 Å². The minimum atomic E-state index is 0.250. The quantitative estimate of drug-likeness (QED) is 0.802. The van der Waals surface area contributed by atoms with E-state index < -0.39 is 0 Å². The second-order valence-electron chi connectivity index (χ2n) is 4.38. The maximum absolute atomic E-state index is 8.12. The van der Waals surface area contributed by atoms with Gasteiger partial charge in [-0.25, -0.2) is 0 Å². The van der Waals surface area contributed by atoms with Crippen LogP contribution >= 0.6 is 0 Å². The van der Waals surface area contributed by atoms with Gasteiger partial charge in [-0.3, -0.25) is 0 Å². The van der Waals surface area contributed by atoms with Gasteiger partial charge in [-0.05, 0) is 30.2 Å². The van der Waals surface area contributed by atoms with Crippen LogP contribution in [0.4, 0.5) is 0 Å². The summed E-state index contributed by atoms with van der Waals surface area (Å²) in [6.07, 6.45) is 1.79. The van der Waals surface area contributed by atoms with Gasteiger partial charge >= 0.3 is 6.15 Å². The lowest BCUT2D eigenvalue weighted by atomic mass is 10.0. The van der Waals surface area contributed by atoms with Gasteiger partial charge in [-0.1, -0.05) is 42.0 Å². The van der Waals surface area contributed by atoms with E-state index in [-0.39, 0.29) is 6.15 Å². The Balaban J connectivity index is 0.000000545. The second-order valence-corrected chi connectivity index (χ2v) is 4.38. The number of hydrogen-bond donors (Lipinski definition) is 1. The highest BCUT2D eigenvalue weighted by molar-refractivity contribution is 5.64. The van der Waals surface area contributed by atoms with Crippen LogP contribution in [0.1, 0.15) is 5.56 Å². The van der Waals surface area contributed by atoms with E-state index in [1.165, 1.54) is 17.3 Å². The molecule has 1 N–H and O–H groups in total. The molecule has 0 aliphatic rings. The topological polar surface area (TPSA) is 84.9 Å². The first-order chi connectivity index (χ1) is 10.7. The van der Waals surface area contributed by atoms with Gasteiger partial charge < -0.3 is 4.74 Å². The molecule has 0 spiro atoms. The minimum Gasteiger partial charge on any atom is -0.436 e. The minimum absolute atomic E-state index is 0.250. The standard InChI is InChI=1S/C15H13N3O.CO2/c1-11-2-4-12(5-3-11)13-6-8-14(9-7-13)19-15-10-16-18-17-15;2-1-3/h2-10H,1H3,(H,16,17,18);. The van der Waals surface area contributed by atoms with Crippen LogP contribution in [-0.2, 0) is 9.59 Å². The van der Waals surface area contributed by atoms with Crippen molar-refractivity contribution in [2.75, 3.05) is 0 Å². The van der Waals surface area contributed by atoms with E-state index in [0.29, 0.717) is 5.88 Å². The van der Waals surface area contributed by atoms with Gasteiger partial charge in [-0.15, -0.1) is 5.10 Å². The molecule has 6 nitrogen and oxygen atoms in total. The van der Waals surface area contributed by atoms with E-state index >= 15 is 0 Å². The number of aromatic amines is 1. The SMILES string of the molecule is Cc1ccc(-c2ccc(Oc3cn[nH]n3)cc2)cc1.O=C=O. The van der Waals surface area contributed by atoms with Crippen molar-refractivity contribution in [2.24, 2.45) is 0 Å². The van der Waals surface area contributed by atoms with Gasteiger partial charge in [0.05, 0.1) is 0 Å². The zero-order chi connectivity index (χ0) is 15.8. The normalized spacial score (nSPS) is 9.32. The third-order valence-corrected chi connectivity index (χ3v) is 2.85. The molecule has 1 aromatic heterocycles. The average Bonchev–Trinajstić information content (AvgIpc) is 3.03. The number of benzene rings is 2. The first-order valence-corrected chi connectivity index (χ1v) is 6.43. The summed E-state index contributed by atoms with van der Waals surface area (Å²) >= 11 is 0. The van der Waals surface area contributed by atoms with E-state index in [1.807, 2.05) is 24.3 Å². The number of H-pyrrole nitrogens is 1. The summed E-state index contributed by atoms with van der Waals surface area (Å²) in [4.78, 5) is 16.2. The summed E-state index contributed by atoms with van der Waals surface area (Å²) in [6.45, 7) is 2.08. The highest BCUT2D eigenvalue weighted by Crippen LogP contribution is 2.24. The van der Waals surface area contributed by atoms with Gasteiger partial charge in [-0.2, -0.15) is 19.9 Å². The van der Waals surface area contributed by atoms with Crippen molar-refractivity contribution in [2.45, 2.75) is 6.92 Å². The van der Waals surface area contributed by atoms with Crippen LogP contribution in [-0.4, -0.2) is 21.6 Å². The van der Waals surface area contributed by atoms with Crippen LogP contribution < -0.4 is 4.74 Å². The summed E-state index contributed by atoms with van der Waals surface area (Å²) in [5.41, 5.74) is 3.61. The number of nitrogens with one attached hydrogen (secondary N) is 1. The molecular weight excluding hydrogens is 282 g/mol. The number of aryl methyl sites for hydroxylation is 1. The fourth-order valence-corrected chi connectivity index (χ4v) is 1.82. The molecule has 6 heteroatoms. The highest BCUT2D eigenvalue weighted by Gasteiger charge is 2.01. The lowest BCUT2D eigenvalue weighted by molar-refractivity contribution is -0.191. The Labute approximate surface area is 126 Å². The molecule has 0 bridgehead atoms. The number of hydrogen-bond acceptors (Lipinski definition) is 5. The van der Waals surface area contributed by atoms with Crippen molar-refractivity contribution in [3.05, 3.63) is 60.3 Å². The maximum Gasteiger partial charge on any atom is 0.373 e. The van der Waals surface area contributed by atoms with Crippen LogP contribution in [0.5, 0.6) is 11.6 Å². The predicted octanol–water partition coefficient (Wildman–Crippen LogP) is 2.99. The molecule has 0 saturated carbocycles. The third-order valence-electron chi connectivity index (χ3n) is 2.85. The molecule has 110 valence electrons. The first kappa shape index (κ1) is 15.2. The molecule has 2 aromatic carbocycles. The molecule has 0 aliphatic carbocycles. The van der Waals surface area contributed by atoms with Crippen molar-refractivity contribution in [3.8, 4) is 22.8 Å². The molecule has 1 heterocycles. The van der Waals surface area contributed by atoms with E-state index in [1.54, 1.807) is 0 Å². The van der Waals surface area contributed by atoms with Gasteiger partial charge in [0.1, 0.15) is 11.9 Å². The first-order valence-electron chi connectivity index (χ1n) is 6.43. The fraction of sp³-hybridized carbons (Fsp3) is 0.0625. The second kappa shape index (κ2) is 7.52. The zero-order valence-corrected chi connectivity index (χ0v) is 11.8. The van der Waals surface area contributed by atoms with Gasteiger partial charge in [0.25, 0.3) is 5.88 Å². The summed E-state index contributed by atoms with van der Waals surface area (Å²) in [7, 11) is 0. The van der Waals surface area contributed by atoms with Crippen molar-refractivity contribution >= 4 is 6.15 Å². The fourth-order valence-electron chi connectivity index (χ4n) is 1.82. The summed E-state index contributed by atoms with van der Waals surface area (Å²) < 4.78 is 5.52. The monoisotopic (exact) mass is 295 g/mol. The Kier molecular flexibility index (Phi) is 5.18. The Morgan fingerprint density at radius 2 is 1.50 bits per heavy atom. The molecule has 3 aromatic rings. The molecule has 22 heavy (non-hydrogen) atoms. The van der Waals surface area contributed by atoms with Crippen molar-refractivity contribution in [1.29, 1.82) is 0 Å². The molecule has 0 unspecified atom stereocenters. The Morgan fingerprint density at radius 1 is 0.955 bits per heavy atom. The molecule has 0 aliphatic heterocycles. The number of nitrogens with zero attached hydrogens (tertiary/aromatic N) is 2. The van der Waals surface area contributed by atoms with Gasteiger partial charge in [0, 0.05) is 0 Å². The predicted molar refractivity (Wildman–Crippen MR) is 78.1 cm³/mol. The average molecular weight is 295 g/mol. The van der Waals surface area contributed by atoms with Crippen LogP contribution in [0.3, 0.4) is 0 Å². The largest absolute Gasteiger partial charge is 0.436 e. The van der Waals surface area contributed by atoms with Gasteiger partial charge in [0.2, 0.25) is 0 Å². The van der Waals surface area contributed by atoms with Crippen molar-refractivity contribution < 1.29 is 14.3 Å². The van der Waals surface area contributed by atoms with E-state index in [9.17, 15) is 0 Å². The van der Waals surface area contributed by atoms with Crippen LogP contribution in [0.25, 0.3) is 11.1 Å². The summed E-state index contributed by atoms with van der Waals surface area (Å²) in [5.74, 6) is 1.20. The van der Waals surface area contributed by atoms with Crippen LogP contribution in [0, 0.1) is 6.92 Å². The van der Waals surface area contributed by atoms with Crippen molar-refractivity contribution in [3.63, 3.8) is 0 Å². The molecule has 0 amide bonds. The molecular formula is C16H13N3O3. The maximum atomic E-state index is 8.12. The Bertz CT molecular complexity index is 729. The lowest BCUT2D eigenvalue weighted by Gasteiger charge is -2.05. The number of carbonyl (C=O) groups excluding carboxylic acids is 2. The zero-order valence-electron chi connectivity index (χ0n) is 11.8. The molecule has 0 fully saturated rings. The smallest absolute Gasteiger partial charge is 0.373 e. The third kappa shape index (κ3) is 4.13. The molecule has 0 atom stereocenters. The van der Waals surface area contributed by atoms with Crippen molar-refractivity contribution in [1.82, 2.24) is 15.4 Å². The molecule has 3 rings (SSSR count). The molecule has 0 saturated heterocycles. The Morgan fingerprint density at radius 3 is 2.00 bits per heavy atom. The highest BCUT2D eigenvalue weighted by atomic mass is 16.5. The molecule has 0 radical (unpaired) electrons. The van der Waals surface area contributed by atoms with Crippen LogP contribution in [0.2, 0.25) is 0 Å². The Hall–Kier alpha value is -3.24. The van der Waals surface area contributed by atoms with E-state index in [2.05, 4.69) is 46.6 Å².